The van der Waals surface area contributed by atoms with E-state index in [1.807, 2.05) is 34.6 Å². The van der Waals surface area contributed by atoms with Crippen molar-refractivity contribution < 1.29 is 52.6 Å². The molecule has 0 aromatic heterocycles. The van der Waals surface area contributed by atoms with E-state index in [4.69, 9.17) is 37.9 Å². The van der Waals surface area contributed by atoms with Gasteiger partial charge < -0.3 is 43.0 Å². The molecule has 0 bridgehead atoms. The number of carbonyl (C=O) groups is 2. The van der Waals surface area contributed by atoms with E-state index < -0.39 is 41.3 Å². The fraction of sp³-hybridized carbons (Fsp3) is 0.949. The fourth-order valence-corrected chi connectivity index (χ4v) is 12.4. The van der Waals surface area contributed by atoms with Crippen molar-refractivity contribution in [2.24, 2.45) is 52.3 Å². The summed E-state index contributed by atoms with van der Waals surface area (Å²) in [6.45, 7) is 18.6. The Morgan fingerprint density at radius 1 is 0.920 bits per heavy atom. The van der Waals surface area contributed by atoms with Crippen molar-refractivity contribution in [3.63, 3.8) is 0 Å². The van der Waals surface area contributed by atoms with Crippen molar-refractivity contribution in [3.8, 4) is 0 Å². The van der Waals surface area contributed by atoms with Crippen molar-refractivity contribution in [2.45, 2.75) is 149 Å². The minimum atomic E-state index is -1.46. The second-order valence-corrected chi connectivity index (χ2v) is 18.0. The predicted octanol–water partition coefficient (Wildman–Crippen LogP) is 5.64. The molecule has 2 aliphatic heterocycles. The number of methoxy groups -OCH3 is 1. The summed E-state index contributed by atoms with van der Waals surface area (Å²) in [7, 11) is 1.53. The Labute approximate surface area is 299 Å². The van der Waals surface area contributed by atoms with Gasteiger partial charge in [-0.1, -0.05) is 27.7 Å². The van der Waals surface area contributed by atoms with Crippen molar-refractivity contribution >= 4 is 11.9 Å². The molecular weight excluding hydrogens is 644 g/mol. The Hall–Kier alpha value is -1.34. The maximum atomic E-state index is 12.9. The zero-order valence-corrected chi connectivity index (χ0v) is 32.2. The van der Waals surface area contributed by atoms with Gasteiger partial charge in [0.2, 0.25) is 0 Å². The summed E-state index contributed by atoms with van der Waals surface area (Å²) in [5.41, 5.74) is -1.75. The molecule has 286 valence electrons. The highest BCUT2D eigenvalue weighted by atomic mass is 16.8. The Morgan fingerprint density at radius 3 is 2.20 bits per heavy atom. The quantitative estimate of drug-likeness (QED) is 0.212. The Bertz CT molecular complexity index is 1240. The molecule has 0 unspecified atom stereocenters. The first kappa shape index (κ1) is 38.4. The number of fused-ring (bicyclic) bond motifs is 7. The topological polar surface area (TPSA) is 128 Å². The van der Waals surface area contributed by atoms with Gasteiger partial charge in [0.15, 0.2) is 17.7 Å². The average molecular weight is 709 g/mol. The third kappa shape index (κ3) is 6.57. The van der Waals surface area contributed by atoms with Crippen LogP contribution in [-0.4, -0.2) is 92.4 Å². The summed E-state index contributed by atoms with van der Waals surface area (Å²) >= 11 is 0. The van der Waals surface area contributed by atoms with Crippen LogP contribution in [0, 0.1) is 52.3 Å². The monoisotopic (exact) mass is 708 g/mol. The molecule has 1 N–H and O–H groups in total. The van der Waals surface area contributed by atoms with Gasteiger partial charge in [-0.25, -0.2) is 0 Å². The van der Waals surface area contributed by atoms with E-state index in [1.54, 1.807) is 0 Å². The smallest absolute Gasteiger partial charge is 0.303 e. The van der Waals surface area contributed by atoms with Crippen LogP contribution in [0.4, 0.5) is 0 Å². The van der Waals surface area contributed by atoms with Crippen LogP contribution in [-0.2, 0) is 47.5 Å². The van der Waals surface area contributed by atoms with Crippen molar-refractivity contribution in [1.82, 2.24) is 0 Å². The van der Waals surface area contributed by atoms with Crippen LogP contribution in [0.2, 0.25) is 0 Å². The van der Waals surface area contributed by atoms with Crippen LogP contribution < -0.4 is 0 Å². The second-order valence-electron chi connectivity index (χ2n) is 18.0. The molecule has 0 amide bonds. The Balaban J connectivity index is 1.33. The molecule has 2 heterocycles. The zero-order valence-electron chi connectivity index (χ0n) is 32.2. The number of hydrogen-bond donors (Lipinski definition) is 1. The minimum absolute atomic E-state index is 0.0131. The molecule has 6 fully saturated rings. The molecule has 4 saturated carbocycles. The molecule has 6 rings (SSSR count). The van der Waals surface area contributed by atoms with Crippen LogP contribution in [0.1, 0.15) is 107 Å². The van der Waals surface area contributed by atoms with Crippen LogP contribution in [0.25, 0.3) is 0 Å². The maximum Gasteiger partial charge on any atom is 0.303 e. The van der Waals surface area contributed by atoms with E-state index in [2.05, 4.69) is 13.8 Å². The standard InChI is InChI=1S/C39H64O11/c1-22(2)26(20-44-23(3)40)33(45-21-43-10)34(48-24(4)41)38(9,42)31-12-11-27-25-18-39(46-15-16-47-39)32-17-29-30(50-35(5,6)49-29)19-37(32,8)28(25)13-14-36(27,31)7/h22,25-34,42H,11-21H2,1-10H3/t25-,26-,27-,28-,29-,30+,31-,32-,33+,34-,36-,37+,38+/m0/s1. The first-order valence-electron chi connectivity index (χ1n) is 19.2. The van der Waals surface area contributed by atoms with Crippen LogP contribution in [0.15, 0.2) is 0 Å². The molecule has 11 heteroatoms. The van der Waals surface area contributed by atoms with E-state index in [0.29, 0.717) is 31.0 Å². The van der Waals surface area contributed by atoms with Crippen molar-refractivity contribution in [1.29, 1.82) is 0 Å². The lowest BCUT2D eigenvalue weighted by atomic mass is 9.42. The molecule has 4 aliphatic carbocycles. The van der Waals surface area contributed by atoms with Gasteiger partial charge in [-0.05, 0) is 99.7 Å². The van der Waals surface area contributed by atoms with Gasteiger partial charge in [0.05, 0.1) is 32.0 Å². The van der Waals surface area contributed by atoms with E-state index in [1.165, 1.54) is 21.0 Å². The molecule has 1 spiro atoms. The molecule has 13 atom stereocenters. The molecule has 0 radical (unpaired) electrons. The Kier molecular flexibility index (Phi) is 10.6. The largest absolute Gasteiger partial charge is 0.465 e. The number of rotatable bonds is 11. The first-order valence-corrected chi connectivity index (χ1v) is 19.2. The zero-order chi connectivity index (χ0) is 36.4. The number of hydrogen-bond acceptors (Lipinski definition) is 11. The second kappa shape index (κ2) is 13.8. The van der Waals surface area contributed by atoms with E-state index in [0.717, 1.165) is 44.9 Å². The highest BCUT2D eigenvalue weighted by Crippen LogP contribution is 2.72. The predicted molar refractivity (Wildman–Crippen MR) is 182 cm³/mol. The van der Waals surface area contributed by atoms with Gasteiger partial charge in [-0.2, -0.15) is 0 Å². The van der Waals surface area contributed by atoms with Gasteiger partial charge in [-0.3, -0.25) is 9.59 Å². The van der Waals surface area contributed by atoms with E-state index >= 15 is 0 Å². The molecule has 2 saturated heterocycles. The van der Waals surface area contributed by atoms with Gasteiger partial charge in [-0.15, -0.1) is 0 Å². The highest BCUT2D eigenvalue weighted by Gasteiger charge is 2.71. The van der Waals surface area contributed by atoms with Crippen LogP contribution >= 0.6 is 0 Å². The number of aliphatic hydroxyl groups is 1. The summed E-state index contributed by atoms with van der Waals surface area (Å²) in [4.78, 5) is 24.7. The number of esters is 2. The van der Waals surface area contributed by atoms with E-state index in [-0.39, 0.29) is 60.1 Å². The lowest BCUT2D eigenvalue weighted by Gasteiger charge is -2.65. The Morgan fingerprint density at radius 2 is 1.58 bits per heavy atom. The molecule has 11 nitrogen and oxygen atoms in total. The van der Waals surface area contributed by atoms with Gasteiger partial charge >= 0.3 is 11.9 Å². The first-order chi connectivity index (χ1) is 23.4. The normalized spacial score (nSPS) is 41.3. The summed E-state index contributed by atoms with van der Waals surface area (Å²) < 4.78 is 49.5. The van der Waals surface area contributed by atoms with Crippen molar-refractivity contribution in [3.05, 3.63) is 0 Å². The summed E-state index contributed by atoms with van der Waals surface area (Å²) in [5.74, 6) is -1.41. The SMILES string of the molecule is COCO[C@H]([C@@H](COC(C)=O)C(C)C)[C@H](OC(C)=O)[C@](C)(O)[C@H]1CC[C@H]2[C@@H]3CC4(OCCO4)[C@H]4C[C@@H]5OC(C)(C)O[C@@H]5C[C@]4(C)[C@H]3CC[C@]12C. The molecule has 0 aromatic carbocycles. The lowest BCUT2D eigenvalue weighted by Crippen LogP contribution is -2.66. The molecule has 0 aromatic rings. The molecule has 6 aliphatic rings. The molecule has 50 heavy (non-hydrogen) atoms. The van der Waals surface area contributed by atoms with Crippen LogP contribution in [0.5, 0.6) is 0 Å². The molecular formula is C39H64O11. The lowest BCUT2D eigenvalue weighted by molar-refractivity contribution is -0.302. The third-order valence-corrected chi connectivity index (χ3v) is 14.3. The summed E-state index contributed by atoms with van der Waals surface area (Å²) in [6, 6.07) is 0. The summed E-state index contributed by atoms with van der Waals surface area (Å²) in [5, 5.41) is 12.9. The van der Waals surface area contributed by atoms with E-state index in [9.17, 15) is 14.7 Å². The number of carbonyl (C=O) groups excluding carboxylic acids is 2. The van der Waals surface area contributed by atoms with Gasteiger partial charge in [0.25, 0.3) is 0 Å². The summed E-state index contributed by atoms with van der Waals surface area (Å²) in [6.07, 6.45) is 4.60. The maximum absolute atomic E-state index is 12.9. The highest BCUT2D eigenvalue weighted by molar-refractivity contribution is 5.66. The average Bonchev–Trinajstić information content (AvgIpc) is 3.70. The minimum Gasteiger partial charge on any atom is -0.465 e. The number of ether oxygens (including phenoxy) is 8. The van der Waals surface area contributed by atoms with Gasteiger partial charge in [0.1, 0.15) is 18.5 Å². The van der Waals surface area contributed by atoms with Gasteiger partial charge in [0, 0.05) is 39.2 Å². The van der Waals surface area contributed by atoms with Crippen molar-refractivity contribution in [2.75, 3.05) is 33.7 Å². The van der Waals surface area contributed by atoms with Crippen LogP contribution in [0.3, 0.4) is 0 Å². The fourth-order valence-electron chi connectivity index (χ4n) is 12.4. The third-order valence-electron chi connectivity index (χ3n) is 14.3.